The van der Waals surface area contributed by atoms with Gasteiger partial charge in [0.25, 0.3) is 0 Å². The van der Waals surface area contributed by atoms with E-state index in [4.69, 9.17) is 5.11 Å². The van der Waals surface area contributed by atoms with Crippen molar-refractivity contribution in [3.63, 3.8) is 0 Å². The molecule has 0 atom stereocenters. The molecule has 0 spiro atoms. The standard InChI is InChI=1S/C14H23NO3S2/c1-13(2)11(14(13,3)4)9-15-20(17,18)12-6-5-10(19-12)7-8-16/h5-6,11,15-16H,7-9H2,1-4H3. The first kappa shape index (κ1) is 15.9. The largest absolute Gasteiger partial charge is 0.396 e. The number of thiophene rings is 1. The minimum absolute atomic E-state index is 0.0396. The van der Waals surface area contributed by atoms with Crippen molar-refractivity contribution in [2.45, 2.75) is 38.3 Å². The molecule has 0 saturated heterocycles. The number of hydrogen-bond acceptors (Lipinski definition) is 4. The Morgan fingerprint density at radius 3 is 2.35 bits per heavy atom. The van der Waals surface area contributed by atoms with Crippen molar-refractivity contribution in [3.05, 3.63) is 17.0 Å². The lowest BCUT2D eigenvalue weighted by Gasteiger charge is -2.05. The third-order valence-electron chi connectivity index (χ3n) is 5.06. The van der Waals surface area contributed by atoms with Crippen LogP contribution in [0.2, 0.25) is 0 Å². The first-order valence-electron chi connectivity index (χ1n) is 6.82. The van der Waals surface area contributed by atoms with E-state index < -0.39 is 10.0 Å². The normalized spacial score (nSPS) is 21.1. The highest BCUT2D eigenvalue weighted by atomic mass is 32.2. The highest BCUT2D eigenvalue weighted by molar-refractivity contribution is 7.91. The molecule has 0 bridgehead atoms. The van der Waals surface area contributed by atoms with E-state index in [0.717, 1.165) is 4.88 Å². The molecule has 1 aromatic rings. The fourth-order valence-electron chi connectivity index (χ4n) is 2.85. The molecular formula is C14H23NO3S2. The van der Waals surface area contributed by atoms with E-state index in [9.17, 15) is 8.42 Å². The quantitative estimate of drug-likeness (QED) is 0.845. The number of rotatable bonds is 6. The van der Waals surface area contributed by atoms with Crippen molar-refractivity contribution < 1.29 is 13.5 Å². The Morgan fingerprint density at radius 1 is 1.25 bits per heavy atom. The SMILES string of the molecule is CC1(C)C(CNS(=O)(=O)c2ccc(CCO)s2)C1(C)C. The summed E-state index contributed by atoms with van der Waals surface area (Å²) in [5.74, 6) is 0.363. The van der Waals surface area contributed by atoms with Crippen molar-refractivity contribution in [1.29, 1.82) is 0 Å². The Morgan fingerprint density at radius 2 is 1.85 bits per heavy atom. The highest BCUT2D eigenvalue weighted by Crippen LogP contribution is 2.67. The first-order valence-corrected chi connectivity index (χ1v) is 9.12. The summed E-state index contributed by atoms with van der Waals surface area (Å²) in [6, 6.07) is 3.38. The van der Waals surface area contributed by atoms with Gasteiger partial charge in [-0.1, -0.05) is 27.7 Å². The molecule has 1 aromatic heterocycles. The van der Waals surface area contributed by atoms with Crippen LogP contribution in [0.15, 0.2) is 16.3 Å². The van der Waals surface area contributed by atoms with Crippen molar-refractivity contribution in [2.75, 3.05) is 13.2 Å². The molecule has 0 aromatic carbocycles. The van der Waals surface area contributed by atoms with Crippen LogP contribution in [0.5, 0.6) is 0 Å². The van der Waals surface area contributed by atoms with Gasteiger partial charge in [0.05, 0.1) is 0 Å². The summed E-state index contributed by atoms with van der Waals surface area (Å²) in [5, 5.41) is 8.87. The van der Waals surface area contributed by atoms with Crippen LogP contribution in [0.4, 0.5) is 0 Å². The molecule has 114 valence electrons. The summed E-state index contributed by atoms with van der Waals surface area (Å²) in [6.07, 6.45) is 0.503. The second-order valence-electron chi connectivity index (χ2n) is 6.54. The molecule has 0 unspecified atom stereocenters. The molecule has 0 aliphatic heterocycles. The average Bonchev–Trinajstić information content (AvgIpc) is 2.72. The van der Waals surface area contributed by atoms with Crippen molar-refractivity contribution >= 4 is 21.4 Å². The summed E-state index contributed by atoms with van der Waals surface area (Å²) in [5.41, 5.74) is 0.347. The van der Waals surface area contributed by atoms with Crippen LogP contribution >= 0.6 is 11.3 Å². The molecule has 1 fully saturated rings. The lowest BCUT2D eigenvalue weighted by molar-refractivity contribution is 0.300. The summed E-state index contributed by atoms with van der Waals surface area (Å²) in [6.45, 7) is 9.23. The second kappa shape index (κ2) is 5.09. The Hall–Kier alpha value is -0.430. The maximum absolute atomic E-state index is 12.2. The molecule has 2 N–H and O–H groups in total. The maximum Gasteiger partial charge on any atom is 0.250 e. The average molecular weight is 317 g/mol. The van der Waals surface area contributed by atoms with Gasteiger partial charge in [0, 0.05) is 24.4 Å². The molecule has 2 rings (SSSR count). The van der Waals surface area contributed by atoms with Gasteiger partial charge in [-0.3, -0.25) is 0 Å². The third kappa shape index (κ3) is 2.66. The molecule has 1 heterocycles. The van der Waals surface area contributed by atoms with Gasteiger partial charge in [-0.25, -0.2) is 13.1 Å². The van der Waals surface area contributed by atoms with E-state index in [1.165, 1.54) is 11.3 Å². The number of nitrogens with one attached hydrogen (secondary N) is 1. The van der Waals surface area contributed by atoms with E-state index >= 15 is 0 Å². The predicted octanol–water partition coefficient (Wildman–Crippen LogP) is 2.24. The monoisotopic (exact) mass is 317 g/mol. The molecule has 6 heteroatoms. The van der Waals surface area contributed by atoms with Crippen LogP contribution in [-0.4, -0.2) is 26.7 Å². The zero-order valence-corrected chi connectivity index (χ0v) is 14.1. The van der Waals surface area contributed by atoms with Gasteiger partial charge in [-0.05, 0) is 28.9 Å². The molecular weight excluding hydrogens is 294 g/mol. The van der Waals surface area contributed by atoms with Gasteiger partial charge in [0.15, 0.2) is 0 Å². The van der Waals surface area contributed by atoms with Gasteiger partial charge in [0.2, 0.25) is 10.0 Å². The van der Waals surface area contributed by atoms with Gasteiger partial charge in [-0.2, -0.15) is 0 Å². The minimum atomic E-state index is -3.43. The fraction of sp³-hybridized carbons (Fsp3) is 0.714. The predicted molar refractivity (Wildman–Crippen MR) is 81.3 cm³/mol. The Labute approximate surface area is 125 Å². The van der Waals surface area contributed by atoms with Crippen LogP contribution in [0.25, 0.3) is 0 Å². The molecule has 20 heavy (non-hydrogen) atoms. The first-order chi connectivity index (χ1) is 9.13. The fourth-order valence-corrected chi connectivity index (χ4v) is 5.29. The van der Waals surface area contributed by atoms with E-state index in [2.05, 4.69) is 32.4 Å². The topological polar surface area (TPSA) is 66.4 Å². The Bertz CT molecular complexity index is 573. The van der Waals surface area contributed by atoms with E-state index in [0.29, 0.717) is 23.1 Å². The lowest BCUT2D eigenvalue weighted by atomic mass is 10.0. The summed E-state index contributed by atoms with van der Waals surface area (Å²) >= 11 is 1.23. The summed E-state index contributed by atoms with van der Waals surface area (Å²) in [7, 11) is -3.43. The molecule has 1 aliphatic carbocycles. The van der Waals surface area contributed by atoms with Crippen LogP contribution in [0.1, 0.15) is 32.6 Å². The maximum atomic E-state index is 12.2. The van der Waals surface area contributed by atoms with Gasteiger partial charge in [-0.15, -0.1) is 11.3 Å². The van der Waals surface area contributed by atoms with Crippen molar-refractivity contribution in [3.8, 4) is 0 Å². The van der Waals surface area contributed by atoms with Crippen LogP contribution in [0.3, 0.4) is 0 Å². The second-order valence-corrected chi connectivity index (χ2v) is 9.70. The van der Waals surface area contributed by atoms with Gasteiger partial charge >= 0.3 is 0 Å². The van der Waals surface area contributed by atoms with Crippen molar-refractivity contribution in [2.24, 2.45) is 16.7 Å². The molecule has 4 nitrogen and oxygen atoms in total. The highest BCUT2D eigenvalue weighted by Gasteiger charge is 2.64. The number of sulfonamides is 1. The van der Waals surface area contributed by atoms with Crippen LogP contribution in [-0.2, 0) is 16.4 Å². The molecule has 0 amide bonds. The van der Waals surface area contributed by atoms with Gasteiger partial charge in [0.1, 0.15) is 4.21 Å². The van der Waals surface area contributed by atoms with E-state index in [-0.39, 0.29) is 17.4 Å². The zero-order valence-electron chi connectivity index (χ0n) is 12.4. The zero-order chi connectivity index (χ0) is 15.2. The molecule has 1 aliphatic rings. The lowest BCUT2D eigenvalue weighted by Crippen LogP contribution is -2.26. The Kier molecular flexibility index (Phi) is 4.06. The summed E-state index contributed by atoms with van der Waals surface area (Å²) in [4.78, 5) is 0.889. The Balaban J connectivity index is 2.01. The van der Waals surface area contributed by atoms with E-state index in [1.54, 1.807) is 12.1 Å². The summed E-state index contributed by atoms with van der Waals surface area (Å²) < 4.78 is 27.5. The van der Waals surface area contributed by atoms with Crippen molar-refractivity contribution in [1.82, 2.24) is 4.72 Å². The minimum Gasteiger partial charge on any atom is -0.396 e. The van der Waals surface area contributed by atoms with Gasteiger partial charge < -0.3 is 5.11 Å². The number of aliphatic hydroxyl groups is 1. The number of hydrogen-bond donors (Lipinski definition) is 2. The third-order valence-corrected chi connectivity index (χ3v) is 8.12. The van der Waals surface area contributed by atoms with Crippen LogP contribution in [0, 0.1) is 16.7 Å². The molecule has 1 saturated carbocycles. The van der Waals surface area contributed by atoms with E-state index in [1.807, 2.05) is 0 Å². The molecule has 0 radical (unpaired) electrons. The number of aliphatic hydroxyl groups excluding tert-OH is 1. The van der Waals surface area contributed by atoms with Crippen LogP contribution < -0.4 is 4.72 Å². The smallest absolute Gasteiger partial charge is 0.250 e.